The molecule has 0 aromatic heterocycles. The minimum atomic E-state index is -0.247. The van der Waals surface area contributed by atoms with Crippen molar-refractivity contribution in [2.45, 2.75) is 6.61 Å². The lowest BCUT2D eigenvalue weighted by molar-refractivity contribution is 0.0955. The van der Waals surface area contributed by atoms with E-state index in [2.05, 4.69) is 10.5 Å². The molecule has 0 spiro atoms. The van der Waals surface area contributed by atoms with Gasteiger partial charge in [0.25, 0.3) is 5.91 Å². The van der Waals surface area contributed by atoms with Crippen molar-refractivity contribution in [2.75, 3.05) is 0 Å². The number of nitrogens with zero attached hydrogens (tertiary/aromatic N) is 1. The lowest BCUT2D eigenvalue weighted by Gasteiger charge is -2.07. The summed E-state index contributed by atoms with van der Waals surface area (Å²) in [6, 6.07) is 31.1. The van der Waals surface area contributed by atoms with Crippen LogP contribution in [0.2, 0.25) is 0 Å². The van der Waals surface area contributed by atoms with Crippen molar-refractivity contribution in [3.05, 3.63) is 114 Å². The second-order valence-electron chi connectivity index (χ2n) is 6.61. The zero-order chi connectivity index (χ0) is 19.9. The molecule has 0 radical (unpaired) electrons. The van der Waals surface area contributed by atoms with Gasteiger partial charge in [-0.25, -0.2) is 5.43 Å². The van der Waals surface area contributed by atoms with Gasteiger partial charge in [0, 0.05) is 5.56 Å². The largest absolute Gasteiger partial charge is 0.489 e. The lowest BCUT2D eigenvalue weighted by atomic mass is 10.1. The Balaban J connectivity index is 1.37. The third-order valence-corrected chi connectivity index (χ3v) is 4.50. The predicted octanol–water partition coefficient (Wildman–Crippen LogP) is 5.18. The number of nitrogens with one attached hydrogen (secondary N) is 1. The Kier molecular flexibility index (Phi) is 5.63. The molecule has 1 N–H and O–H groups in total. The average molecular weight is 380 g/mol. The zero-order valence-corrected chi connectivity index (χ0v) is 15.8. The minimum Gasteiger partial charge on any atom is -0.489 e. The van der Waals surface area contributed by atoms with E-state index in [9.17, 15) is 4.79 Å². The molecule has 4 heteroatoms. The molecule has 4 rings (SSSR count). The summed E-state index contributed by atoms with van der Waals surface area (Å²) in [6.07, 6.45) is 1.61. The summed E-state index contributed by atoms with van der Waals surface area (Å²) in [4.78, 5) is 12.4. The molecule has 0 bridgehead atoms. The van der Waals surface area contributed by atoms with Crippen molar-refractivity contribution in [3.63, 3.8) is 0 Å². The van der Waals surface area contributed by atoms with Gasteiger partial charge in [0.2, 0.25) is 0 Å². The van der Waals surface area contributed by atoms with E-state index in [4.69, 9.17) is 4.74 Å². The van der Waals surface area contributed by atoms with Crippen molar-refractivity contribution in [3.8, 4) is 5.75 Å². The molecule has 0 atom stereocenters. The van der Waals surface area contributed by atoms with Crippen LogP contribution in [0, 0.1) is 0 Å². The van der Waals surface area contributed by atoms with Gasteiger partial charge < -0.3 is 4.74 Å². The fourth-order valence-corrected chi connectivity index (χ4v) is 2.99. The molecule has 0 saturated heterocycles. The topological polar surface area (TPSA) is 50.7 Å². The average Bonchev–Trinajstić information content (AvgIpc) is 2.78. The maximum atomic E-state index is 12.4. The molecule has 0 heterocycles. The second-order valence-corrected chi connectivity index (χ2v) is 6.61. The van der Waals surface area contributed by atoms with Gasteiger partial charge in [-0.05, 0) is 46.2 Å². The van der Waals surface area contributed by atoms with E-state index < -0.39 is 0 Å². The van der Waals surface area contributed by atoms with Crippen LogP contribution in [0.15, 0.2) is 102 Å². The second kappa shape index (κ2) is 8.85. The molecule has 0 aliphatic rings. The van der Waals surface area contributed by atoms with Crippen LogP contribution in [0.1, 0.15) is 21.5 Å². The van der Waals surface area contributed by atoms with Crippen LogP contribution in [-0.2, 0) is 6.61 Å². The molecular weight excluding hydrogens is 360 g/mol. The summed E-state index contributed by atoms with van der Waals surface area (Å²) in [5, 5.41) is 6.20. The third-order valence-electron chi connectivity index (χ3n) is 4.50. The summed E-state index contributed by atoms with van der Waals surface area (Å²) >= 11 is 0. The number of amides is 1. The first kappa shape index (κ1) is 18.4. The van der Waals surface area contributed by atoms with E-state index in [1.165, 1.54) is 0 Å². The van der Waals surface area contributed by atoms with Crippen LogP contribution in [0.25, 0.3) is 10.8 Å². The Morgan fingerprint density at radius 3 is 2.48 bits per heavy atom. The number of fused-ring (bicyclic) bond motifs is 1. The quantitative estimate of drug-likeness (QED) is 0.370. The Bertz CT molecular complexity index is 1150. The van der Waals surface area contributed by atoms with Crippen LogP contribution in [0.3, 0.4) is 0 Å². The Morgan fingerprint density at radius 2 is 1.62 bits per heavy atom. The van der Waals surface area contributed by atoms with Crippen LogP contribution in [0.4, 0.5) is 0 Å². The van der Waals surface area contributed by atoms with E-state index in [1.54, 1.807) is 12.3 Å². The van der Waals surface area contributed by atoms with E-state index in [0.29, 0.717) is 12.2 Å². The molecular formula is C25H20N2O2. The van der Waals surface area contributed by atoms with Crippen molar-refractivity contribution >= 4 is 22.9 Å². The lowest BCUT2D eigenvalue weighted by Crippen LogP contribution is -2.17. The molecule has 4 nitrogen and oxygen atoms in total. The molecule has 142 valence electrons. The highest BCUT2D eigenvalue weighted by atomic mass is 16.5. The number of hydrazone groups is 1. The predicted molar refractivity (Wildman–Crippen MR) is 116 cm³/mol. The van der Waals surface area contributed by atoms with E-state index in [-0.39, 0.29) is 5.91 Å². The highest BCUT2D eigenvalue weighted by Gasteiger charge is 2.05. The highest BCUT2D eigenvalue weighted by Crippen LogP contribution is 2.16. The Labute approximate surface area is 169 Å². The van der Waals surface area contributed by atoms with Gasteiger partial charge in [-0.2, -0.15) is 5.10 Å². The Hall–Kier alpha value is -3.92. The fourth-order valence-electron chi connectivity index (χ4n) is 2.99. The van der Waals surface area contributed by atoms with Crippen LogP contribution < -0.4 is 10.2 Å². The highest BCUT2D eigenvalue weighted by molar-refractivity contribution is 5.98. The van der Waals surface area contributed by atoms with Crippen LogP contribution >= 0.6 is 0 Å². The summed E-state index contributed by atoms with van der Waals surface area (Å²) < 4.78 is 5.82. The first-order valence-corrected chi connectivity index (χ1v) is 9.37. The standard InChI is InChI=1S/C25H20N2O2/c28-25(23-14-13-21-10-4-5-11-22(21)16-23)27-26-17-20-9-6-12-24(15-20)29-18-19-7-2-1-3-8-19/h1-17H,18H2,(H,27,28)/b26-17-. The summed E-state index contributed by atoms with van der Waals surface area (Å²) in [5.41, 5.74) is 5.10. The molecule has 4 aromatic rings. The van der Waals surface area contributed by atoms with Crippen LogP contribution in [0.5, 0.6) is 5.75 Å². The molecule has 29 heavy (non-hydrogen) atoms. The maximum absolute atomic E-state index is 12.4. The minimum absolute atomic E-state index is 0.247. The molecule has 0 aliphatic heterocycles. The molecule has 0 fully saturated rings. The van der Waals surface area contributed by atoms with Gasteiger partial charge in [0.15, 0.2) is 0 Å². The first-order valence-electron chi connectivity index (χ1n) is 9.37. The van der Waals surface area contributed by atoms with Gasteiger partial charge in [0.1, 0.15) is 12.4 Å². The van der Waals surface area contributed by atoms with Gasteiger partial charge in [-0.1, -0.05) is 72.8 Å². The molecule has 4 aromatic carbocycles. The van der Waals surface area contributed by atoms with Gasteiger partial charge in [-0.15, -0.1) is 0 Å². The molecule has 0 saturated carbocycles. The summed E-state index contributed by atoms with van der Waals surface area (Å²) in [7, 11) is 0. The van der Waals surface area contributed by atoms with Crippen molar-refractivity contribution < 1.29 is 9.53 Å². The molecule has 1 amide bonds. The normalized spacial score (nSPS) is 10.9. The smallest absolute Gasteiger partial charge is 0.271 e. The van der Waals surface area contributed by atoms with E-state index in [0.717, 1.165) is 27.6 Å². The number of hydrogen-bond acceptors (Lipinski definition) is 3. The number of carbonyl (C=O) groups is 1. The summed E-state index contributed by atoms with van der Waals surface area (Å²) in [6.45, 7) is 0.500. The number of carbonyl (C=O) groups excluding carboxylic acids is 1. The third kappa shape index (κ3) is 4.87. The van der Waals surface area contributed by atoms with Gasteiger partial charge in [0.05, 0.1) is 6.21 Å². The maximum Gasteiger partial charge on any atom is 0.271 e. The van der Waals surface area contributed by atoms with Crippen molar-refractivity contribution in [2.24, 2.45) is 5.10 Å². The van der Waals surface area contributed by atoms with Gasteiger partial charge in [-0.3, -0.25) is 4.79 Å². The SMILES string of the molecule is O=C(N/N=C\c1cccc(OCc2ccccc2)c1)c1ccc2ccccc2c1. The zero-order valence-electron chi connectivity index (χ0n) is 15.8. The molecule has 0 unspecified atom stereocenters. The number of hydrogen-bond donors (Lipinski definition) is 1. The Morgan fingerprint density at radius 1 is 0.828 bits per heavy atom. The fraction of sp³-hybridized carbons (Fsp3) is 0.0400. The van der Waals surface area contributed by atoms with E-state index >= 15 is 0 Å². The number of benzene rings is 4. The first-order chi connectivity index (χ1) is 14.3. The number of rotatable bonds is 6. The monoisotopic (exact) mass is 380 g/mol. The summed E-state index contributed by atoms with van der Waals surface area (Å²) in [5.74, 6) is 0.502. The van der Waals surface area contributed by atoms with Crippen molar-refractivity contribution in [1.29, 1.82) is 0 Å². The molecule has 0 aliphatic carbocycles. The number of ether oxygens (including phenoxy) is 1. The van der Waals surface area contributed by atoms with Gasteiger partial charge >= 0.3 is 0 Å². The van der Waals surface area contributed by atoms with E-state index in [1.807, 2.05) is 91.0 Å². The van der Waals surface area contributed by atoms with Crippen molar-refractivity contribution in [1.82, 2.24) is 5.43 Å². The van der Waals surface area contributed by atoms with Crippen LogP contribution in [-0.4, -0.2) is 12.1 Å².